The smallest absolute Gasteiger partial charge is 0.202 e. The van der Waals surface area contributed by atoms with E-state index in [4.69, 9.17) is 11.5 Å². The molecule has 0 aromatic carbocycles. The Bertz CT molecular complexity index is 832. The maximum absolute atomic E-state index is 6.25. The summed E-state index contributed by atoms with van der Waals surface area (Å²) in [5.74, 6) is 1.10. The molecule has 0 bridgehead atoms. The molecule has 0 aliphatic carbocycles. The summed E-state index contributed by atoms with van der Waals surface area (Å²) < 4.78 is 0. The number of aliphatic imine (C=N–C) groups is 1. The van der Waals surface area contributed by atoms with Crippen molar-refractivity contribution in [3.63, 3.8) is 0 Å². The van der Waals surface area contributed by atoms with Crippen LogP contribution in [0.5, 0.6) is 0 Å². The lowest BCUT2D eigenvalue weighted by Crippen LogP contribution is -2.44. The van der Waals surface area contributed by atoms with Gasteiger partial charge in [0.2, 0.25) is 5.96 Å². The minimum absolute atomic E-state index is 0.0377. The summed E-state index contributed by atoms with van der Waals surface area (Å²) in [7, 11) is 0. The van der Waals surface area contributed by atoms with Crippen LogP contribution in [0.3, 0.4) is 0 Å². The Morgan fingerprint density at radius 2 is 2.00 bits per heavy atom. The highest BCUT2D eigenvalue weighted by Crippen LogP contribution is 2.46. The summed E-state index contributed by atoms with van der Waals surface area (Å²) in [5.41, 5.74) is 14.9. The number of nitrogens with two attached hydrogens (primary N) is 2. The Labute approximate surface area is 137 Å². The predicted octanol–water partition coefficient (Wildman–Crippen LogP) is 1.34. The quantitative estimate of drug-likeness (QED) is 0.634. The Morgan fingerprint density at radius 3 is 2.83 bits per heavy atom. The van der Waals surface area contributed by atoms with Gasteiger partial charge in [-0.1, -0.05) is 11.8 Å². The van der Waals surface area contributed by atoms with E-state index < -0.39 is 0 Å². The van der Waals surface area contributed by atoms with E-state index in [0.29, 0.717) is 11.6 Å². The fourth-order valence-electron chi connectivity index (χ4n) is 3.12. The number of nitrogens with zero attached hydrogens (tertiary/aromatic N) is 5. The average Bonchev–Trinajstić information content (AvgIpc) is 2.92. The number of thioether (sulfide) groups is 1. The molecular formula is C15H15N7S. The molecule has 4 heterocycles. The largest absolute Gasteiger partial charge is 0.398 e. The molecule has 2 aliphatic rings. The second kappa shape index (κ2) is 5.24. The Hall–Kier alpha value is -2.61. The number of fused-ring (bicyclic) bond motifs is 3. The van der Waals surface area contributed by atoms with E-state index in [-0.39, 0.29) is 12.0 Å². The number of aromatic nitrogens is 3. The second-order valence-electron chi connectivity index (χ2n) is 5.27. The summed E-state index contributed by atoms with van der Waals surface area (Å²) in [6.07, 6.45) is 9.14. The van der Waals surface area contributed by atoms with Crippen LogP contribution in [0.15, 0.2) is 47.0 Å². The monoisotopic (exact) mass is 325 g/mol. The lowest BCUT2D eigenvalue weighted by molar-refractivity contribution is 0.695. The fraction of sp³-hybridized carbons (Fsp3) is 0.200. The second-order valence-corrected chi connectivity index (χ2v) is 6.05. The highest BCUT2D eigenvalue weighted by molar-refractivity contribution is 7.98. The van der Waals surface area contributed by atoms with E-state index in [2.05, 4.69) is 19.9 Å². The van der Waals surface area contributed by atoms with Crippen molar-refractivity contribution in [2.45, 2.75) is 17.1 Å². The highest BCUT2D eigenvalue weighted by atomic mass is 32.2. The first-order valence-corrected chi connectivity index (χ1v) is 8.33. The molecule has 0 spiro atoms. The van der Waals surface area contributed by atoms with Crippen molar-refractivity contribution in [3.05, 3.63) is 48.1 Å². The lowest BCUT2D eigenvalue weighted by Gasteiger charge is -2.28. The van der Waals surface area contributed by atoms with Crippen LogP contribution >= 0.6 is 11.8 Å². The van der Waals surface area contributed by atoms with Crippen LogP contribution < -0.4 is 16.4 Å². The van der Waals surface area contributed by atoms with Gasteiger partial charge in [0.25, 0.3) is 0 Å². The number of hydrogen-bond donors (Lipinski definition) is 2. The van der Waals surface area contributed by atoms with E-state index in [1.54, 1.807) is 24.7 Å². The van der Waals surface area contributed by atoms with Gasteiger partial charge in [-0.25, -0.2) is 19.9 Å². The lowest BCUT2D eigenvalue weighted by atomic mass is 9.91. The normalized spacial score (nSPS) is 21.8. The minimum Gasteiger partial charge on any atom is -0.398 e. The van der Waals surface area contributed by atoms with Crippen LogP contribution in [-0.2, 0) is 0 Å². The molecule has 2 aromatic rings. The number of nitrogen functional groups attached to an aromatic ring is 1. The van der Waals surface area contributed by atoms with E-state index in [1.165, 1.54) is 11.8 Å². The molecular weight excluding hydrogens is 310 g/mol. The molecule has 8 heteroatoms. The van der Waals surface area contributed by atoms with Crippen LogP contribution in [0.4, 0.5) is 11.5 Å². The Balaban J connectivity index is 1.93. The predicted molar refractivity (Wildman–Crippen MR) is 91.3 cm³/mol. The maximum atomic E-state index is 6.25. The molecule has 7 nitrogen and oxygen atoms in total. The molecule has 2 aliphatic heterocycles. The molecule has 0 saturated heterocycles. The summed E-state index contributed by atoms with van der Waals surface area (Å²) in [6.45, 7) is 0. The van der Waals surface area contributed by atoms with Gasteiger partial charge >= 0.3 is 0 Å². The van der Waals surface area contributed by atoms with Crippen molar-refractivity contribution in [2.75, 3.05) is 16.9 Å². The van der Waals surface area contributed by atoms with Gasteiger partial charge in [0.05, 0.1) is 17.7 Å². The first-order chi connectivity index (χ1) is 11.2. The number of guanidine groups is 1. The van der Waals surface area contributed by atoms with Crippen LogP contribution in [0.2, 0.25) is 0 Å². The van der Waals surface area contributed by atoms with Crippen LogP contribution in [-0.4, -0.2) is 33.2 Å². The summed E-state index contributed by atoms with van der Waals surface area (Å²) >= 11 is 1.51. The van der Waals surface area contributed by atoms with Gasteiger partial charge in [0.15, 0.2) is 5.16 Å². The SMILES string of the molecule is CSc1nccc(C2c3c(N)ccnc3N3C(N)=NC=CC23)n1. The minimum atomic E-state index is -0.0575. The first-order valence-electron chi connectivity index (χ1n) is 7.11. The summed E-state index contributed by atoms with van der Waals surface area (Å²) in [6, 6.07) is 3.68. The van der Waals surface area contributed by atoms with Crippen molar-refractivity contribution in [1.82, 2.24) is 15.0 Å². The molecule has 4 rings (SSSR count). The number of pyridine rings is 1. The number of hydrogen-bond acceptors (Lipinski definition) is 8. The van der Waals surface area contributed by atoms with Gasteiger partial charge in [0.1, 0.15) is 5.82 Å². The molecule has 0 saturated carbocycles. The van der Waals surface area contributed by atoms with Crippen molar-refractivity contribution < 1.29 is 0 Å². The third kappa shape index (κ3) is 2.06. The van der Waals surface area contributed by atoms with Crippen molar-refractivity contribution in [1.29, 1.82) is 0 Å². The first kappa shape index (κ1) is 14.0. The van der Waals surface area contributed by atoms with Gasteiger partial charge < -0.3 is 11.5 Å². The van der Waals surface area contributed by atoms with Crippen LogP contribution in [0.25, 0.3) is 0 Å². The zero-order valence-electron chi connectivity index (χ0n) is 12.4. The molecule has 23 heavy (non-hydrogen) atoms. The van der Waals surface area contributed by atoms with Crippen molar-refractivity contribution in [2.24, 2.45) is 10.7 Å². The van der Waals surface area contributed by atoms with Crippen LogP contribution in [0.1, 0.15) is 17.2 Å². The van der Waals surface area contributed by atoms with Crippen molar-refractivity contribution in [3.8, 4) is 0 Å². The third-order valence-corrected chi connectivity index (χ3v) is 4.64. The van der Waals surface area contributed by atoms with Gasteiger partial charge in [-0.3, -0.25) is 4.90 Å². The fourth-order valence-corrected chi connectivity index (χ4v) is 3.49. The molecule has 4 N–H and O–H groups in total. The summed E-state index contributed by atoms with van der Waals surface area (Å²) in [4.78, 5) is 19.5. The van der Waals surface area contributed by atoms with E-state index in [0.717, 1.165) is 22.2 Å². The molecule has 0 amide bonds. The van der Waals surface area contributed by atoms with Gasteiger partial charge in [-0.05, 0) is 24.5 Å². The highest BCUT2D eigenvalue weighted by Gasteiger charge is 2.43. The number of anilines is 2. The zero-order chi connectivity index (χ0) is 16.0. The van der Waals surface area contributed by atoms with Gasteiger partial charge in [-0.2, -0.15) is 0 Å². The summed E-state index contributed by atoms with van der Waals surface area (Å²) in [5, 5.41) is 0.728. The Morgan fingerprint density at radius 1 is 1.17 bits per heavy atom. The average molecular weight is 325 g/mol. The van der Waals surface area contributed by atoms with Crippen LogP contribution in [0, 0.1) is 0 Å². The molecule has 0 fully saturated rings. The maximum Gasteiger partial charge on any atom is 0.202 e. The zero-order valence-corrected chi connectivity index (χ0v) is 13.2. The van der Waals surface area contributed by atoms with E-state index in [1.807, 2.05) is 23.3 Å². The number of rotatable bonds is 2. The van der Waals surface area contributed by atoms with Gasteiger partial charge in [-0.15, -0.1) is 0 Å². The molecule has 2 aromatic heterocycles. The topological polar surface area (TPSA) is 106 Å². The van der Waals surface area contributed by atoms with Gasteiger partial charge in [0, 0.05) is 29.8 Å². The van der Waals surface area contributed by atoms with E-state index >= 15 is 0 Å². The van der Waals surface area contributed by atoms with E-state index in [9.17, 15) is 0 Å². The van der Waals surface area contributed by atoms with Crippen molar-refractivity contribution >= 4 is 29.2 Å². The Kier molecular flexibility index (Phi) is 3.19. The molecule has 116 valence electrons. The molecule has 2 atom stereocenters. The molecule has 0 radical (unpaired) electrons. The standard InChI is InChI=1S/C15H15N7S/c1-23-15-20-6-3-9(21-15)12-10-4-7-19-14(17)22(10)13-11(12)8(16)2-5-18-13/h2-7,10,12H,1H3,(H2,16,18)(H2,17,19). The third-order valence-electron chi connectivity index (χ3n) is 4.07. The molecule has 2 unspecified atom stereocenters.